The molecule has 4 heteroatoms. The molecule has 0 aliphatic heterocycles. The maximum absolute atomic E-state index is 11.9. The van der Waals surface area contributed by atoms with Gasteiger partial charge in [0.15, 0.2) is 0 Å². The minimum absolute atomic E-state index is 0.185. The molecule has 0 radical (unpaired) electrons. The van der Waals surface area contributed by atoms with Crippen LogP contribution in [-0.4, -0.2) is 19.7 Å². The highest BCUT2D eigenvalue weighted by molar-refractivity contribution is 5.76. The quantitative estimate of drug-likeness (QED) is 0.583. The smallest absolute Gasteiger partial charge is 0.278 e. The third-order valence-electron chi connectivity index (χ3n) is 1.13. The van der Waals surface area contributed by atoms with E-state index in [0.717, 1.165) is 6.21 Å². The van der Waals surface area contributed by atoms with Gasteiger partial charge < -0.3 is 10.7 Å². The van der Waals surface area contributed by atoms with E-state index in [1.54, 1.807) is 0 Å². The van der Waals surface area contributed by atoms with E-state index >= 15 is 0 Å². The Morgan fingerprint density at radius 2 is 2.10 bits per heavy atom. The second-order valence-electron chi connectivity index (χ2n) is 1.79. The lowest BCUT2D eigenvalue weighted by atomic mass is 10.2. The molecule has 0 heterocycles. The summed E-state index contributed by atoms with van der Waals surface area (Å²) in [4.78, 5) is 0. The van der Waals surface area contributed by atoms with E-state index in [9.17, 15) is 8.78 Å². The van der Waals surface area contributed by atoms with Gasteiger partial charge in [0.1, 0.15) is 0 Å². The molecule has 0 aromatic heterocycles. The van der Waals surface area contributed by atoms with Gasteiger partial charge in [0, 0.05) is 13.3 Å². The zero-order valence-electron chi connectivity index (χ0n) is 5.91. The van der Waals surface area contributed by atoms with Crippen molar-refractivity contribution in [2.75, 3.05) is 7.05 Å². The average molecular weight is 148 g/mol. The first-order chi connectivity index (χ1) is 4.63. The summed E-state index contributed by atoms with van der Waals surface area (Å²) in [6.07, 6.45) is -1.62. The molecule has 2 nitrogen and oxygen atoms in total. The van der Waals surface area contributed by atoms with Gasteiger partial charge in [-0.15, -0.1) is 0 Å². The molecule has 0 saturated carbocycles. The third kappa shape index (κ3) is 2.13. The van der Waals surface area contributed by atoms with Gasteiger partial charge in [-0.25, -0.2) is 8.78 Å². The summed E-state index contributed by atoms with van der Waals surface area (Å²) >= 11 is 0. The number of nitrogens with one attached hydrogen (secondary N) is 2. The highest BCUT2D eigenvalue weighted by Gasteiger charge is 2.10. The molecule has 0 spiro atoms. The van der Waals surface area contributed by atoms with Crippen LogP contribution in [-0.2, 0) is 0 Å². The predicted octanol–water partition coefficient (Wildman–Crippen LogP) is 1.39. The molecule has 0 aliphatic carbocycles. The molecule has 0 fully saturated rings. The molecule has 0 rings (SSSR count). The summed E-state index contributed by atoms with van der Waals surface area (Å²) in [6.45, 7) is 1.46. The summed E-state index contributed by atoms with van der Waals surface area (Å²) in [5.74, 6) is 0. The fraction of sp³-hybridized carbons (Fsp3) is 0.500. The largest absolute Gasteiger partial charge is 0.387 e. The molecule has 0 saturated heterocycles. The SMILES string of the molecule is CN/C(=C(/C)C=N)C(F)F. The van der Waals surface area contributed by atoms with Gasteiger partial charge >= 0.3 is 0 Å². The van der Waals surface area contributed by atoms with Crippen LogP contribution in [0, 0.1) is 5.41 Å². The first-order valence-corrected chi connectivity index (χ1v) is 2.80. The molecule has 0 bridgehead atoms. The lowest BCUT2D eigenvalue weighted by Crippen LogP contribution is -2.16. The van der Waals surface area contributed by atoms with Gasteiger partial charge in [-0.1, -0.05) is 0 Å². The van der Waals surface area contributed by atoms with E-state index in [-0.39, 0.29) is 11.3 Å². The van der Waals surface area contributed by atoms with Gasteiger partial charge in [0.2, 0.25) is 0 Å². The normalized spacial score (nSPS) is 12.9. The van der Waals surface area contributed by atoms with Crippen molar-refractivity contribution in [2.24, 2.45) is 0 Å². The first kappa shape index (κ1) is 9.07. The highest BCUT2D eigenvalue weighted by Crippen LogP contribution is 2.07. The number of hydrogen-bond acceptors (Lipinski definition) is 2. The Morgan fingerprint density at radius 3 is 2.20 bits per heavy atom. The monoisotopic (exact) mass is 148 g/mol. The summed E-state index contributed by atoms with van der Waals surface area (Å²) in [5, 5.41) is 9.01. The average Bonchev–Trinajstić information content (AvgIpc) is 1.88. The molecule has 0 aromatic rings. The van der Waals surface area contributed by atoms with Crippen molar-refractivity contribution in [1.82, 2.24) is 5.32 Å². The Labute approximate surface area is 58.4 Å². The minimum atomic E-state index is -2.52. The Bertz CT molecular complexity index is 152. The molecule has 0 aromatic carbocycles. The third-order valence-corrected chi connectivity index (χ3v) is 1.13. The van der Waals surface area contributed by atoms with Crippen molar-refractivity contribution >= 4 is 6.21 Å². The Balaban J connectivity index is 4.45. The Kier molecular flexibility index (Phi) is 3.61. The summed E-state index contributed by atoms with van der Waals surface area (Å²) in [6, 6.07) is 0. The topological polar surface area (TPSA) is 35.9 Å². The number of alkyl halides is 2. The van der Waals surface area contributed by atoms with Crippen molar-refractivity contribution in [3.63, 3.8) is 0 Å². The van der Waals surface area contributed by atoms with E-state index in [4.69, 9.17) is 5.41 Å². The van der Waals surface area contributed by atoms with E-state index < -0.39 is 6.43 Å². The summed E-state index contributed by atoms with van der Waals surface area (Å²) in [5.41, 5.74) is 0.0764. The van der Waals surface area contributed by atoms with Crippen molar-refractivity contribution < 1.29 is 8.78 Å². The Morgan fingerprint density at radius 1 is 1.60 bits per heavy atom. The number of rotatable bonds is 3. The van der Waals surface area contributed by atoms with Crippen LogP contribution < -0.4 is 5.32 Å². The standard InChI is InChI=1S/C6H10F2N2/c1-4(3-9)5(10-2)6(7)8/h3,6,9-10H,1-2H3/b5-4-,9-3?. The Hall–Kier alpha value is -0.930. The molecular weight excluding hydrogens is 138 g/mol. The molecule has 10 heavy (non-hydrogen) atoms. The van der Waals surface area contributed by atoms with Crippen LogP contribution >= 0.6 is 0 Å². The molecular formula is C6H10F2N2. The zero-order chi connectivity index (χ0) is 8.15. The van der Waals surface area contributed by atoms with Crippen molar-refractivity contribution in [3.05, 3.63) is 11.3 Å². The first-order valence-electron chi connectivity index (χ1n) is 2.80. The predicted molar refractivity (Wildman–Crippen MR) is 36.5 cm³/mol. The van der Waals surface area contributed by atoms with Crippen molar-refractivity contribution in [2.45, 2.75) is 13.3 Å². The van der Waals surface area contributed by atoms with E-state index in [2.05, 4.69) is 5.32 Å². The van der Waals surface area contributed by atoms with Crippen LogP contribution in [0.25, 0.3) is 0 Å². The van der Waals surface area contributed by atoms with Gasteiger partial charge in [-0.2, -0.15) is 0 Å². The lowest BCUT2D eigenvalue weighted by Gasteiger charge is -2.06. The second-order valence-corrected chi connectivity index (χ2v) is 1.79. The fourth-order valence-corrected chi connectivity index (χ4v) is 0.556. The maximum atomic E-state index is 11.9. The van der Waals surface area contributed by atoms with Gasteiger partial charge in [-0.3, -0.25) is 0 Å². The number of hydrogen-bond donors (Lipinski definition) is 2. The molecule has 0 aliphatic rings. The maximum Gasteiger partial charge on any atom is 0.278 e. The van der Waals surface area contributed by atoms with Gasteiger partial charge in [0.25, 0.3) is 6.43 Å². The molecule has 0 amide bonds. The van der Waals surface area contributed by atoms with E-state index in [0.29, 0.717) is 0 Å². The number of halogens is 2. The van der Waals surface area contributed by atoms with E-state index in [1.165, 1.54) is 14.0 Å². The van der Waals surface area contributed by atoms with Crippen LogP contribution in [0.2, 0.25) is 0 Å². The molecule has 0 unspecified atom stereocenters. The minimum Gasteiger partial charge on any atom is -0.387 e. The van der Waals surface area contributed by atoms with Crippen LogP contribution in [0.15, 0.2) is 11.3 Å². The second kappa shape index (κ2) is 3.98. The highest BCUT2D eigenvalue weighted by atomic mass is 19.3. The van der Waals surface area contributed by atoms with Crippen molar-refractivity contribution in [3.8, 4) is 0 Å². The molecule has 58 valence electrons. The van der Waals surface area contributed by atoms with Crippen molar-refractivity contribution in [1.29, 1.82) is 5.41 Å². The van der Waals surface area contributed by atoms with Gasteiger partial charge in [0.05, 0.1) is 5.70 Å². The molecule has 0 atom stereocenters. The number of allylic oxidation sites excluding steroid dienone is 2. The lowest BCUT2D eigenvalue weighted by molar-refractivity contribution is 0.181. The molecule has 2 N–H and O–H groups in total. The van der Waals surface area contributed by atoms with Crippen LogP contribution in [0.5, 0.6) is 0 Å². The van der Waals surface area contributed by atoms with Gasteiger partial charge in [-0.05, 0) is 12.5 Å². The van der Waals surface area contributed by atoms with Crippen LogP contribution in [0.4, 0.5) is 8.78 Å². The fourth-order valence-electron chi connectivity index (χ4n) is 0.556. The summed E-state index contributed by atoms with van der Waals surface area (Å²) < 4.78 is 23.8. The van der Waals surface area contributed by atoms with Crippen LogP contribution in [0.1, 0.15) is 6.92 Å². The summed E-state index contributed by atoms with van der Waals surface area (Å²) in [7, 11) is 1.41. The van der Waals surface area contributed by atoms with E-state index in [1.807, 2.05) is 0 Å². The zero-order valence-corrected chi connectivity index (χ0v) is 5.91. The van der Waals surface area contributed by atoms with Crippen LogP contribution in [0.3, 0.4) is 0 Å².